The molecule has 0 saturated heterocycles. The largest absolute Gasteiger partial charge is 0.383 e. The van der Waals surface area contributed by atoms with E-state index in [1.807, 2.05) is 0 Å². The Kier molecular flexibility index (Phi) is 5.35. The van der Waals surface area contributed by atoms with Crippen molar-refractivity contribution in [3.63, 3.8) is 0 Å². The third kappa shape index (κ3) is 4.05. The first-order valence-corrected chi connectivity index (χ1v) is 6.42. The van der Waals surface area contributed by atoms with Crippen molar-refractivity contribution in [1.29, 1.82) is 0 Å². The molecule has 0 fully saturated rings. The quantitative estimate of drug-likeness (QED) is 0.799. The highest BCUT2D eigenvalue weighted by Crippen LogP contribution is 2.25. The second-order valence-electron chi connectivity index (χ2n) is 4.47. The monoisotopic (exact) mass is 299 g/mol. The van der Waals surface area contributed by atoms with Crippen molar-refractivity contribution in [1.82, 2.24) is 15.1 Å². The summed E-state index contributed by atoms with van der Waals surface area (Å²) >= 11 is 0. The summed E-state index contributed by atoms with van der Waals surface area (Å²) < 4.78 is 44.3. The van der Waals surface area contributed by atoms with Crippen LogP contribution in [0.25, 0.3) is 11.1 Å². The molecule has 114 valence electrons. The predicted octanol–water partition coefficient (Wildman–Crippen LogP) is 2.82. The molecular formula is C14H16F3N3O. The van der Waals surface area contributed by atoms with E-state index in [1.165, 1.54) is 12.3 Å². The van der Waals surface area contributed by atoms with E-state index in [9.17, 15) is 13.2 Å². The lowest BCUT2D eigenvalue weighted by Crippen LogP contribution is -2.18. The van der Waals surface area contributed by atoms with E-state index in [4.69, 9.17) is 4.74 Å². The van der Waals surface area contributed by atoms with Crippen LogP contribution in [0.2, 0.25) is 0 Å². The summed E-state index contributed by atoms with van der Waals surface area (Å²) in [6.07, 6.45) is 2.36. The molecule has 1 aromatic heterocycles. The highest BCUT2D eigenvalue weighted by Gasteiger charge is 2.12. The second kappa shape index (κ2) is 7.24. The number of methoxy groups -OCH3 is 1. The molecule has 1 aromatic carbocycles. The maximum atomic E-state index is 13.8. The number of nitrogens with zero attached hydrogens (tertiary/aromatic N) is 2. The Balaban J connectivity index is 2.14. The molecule has 1 heterocycles. The van der Waals surface area contributed by atoms with E-state index in [0.717, 1.165) is 11.8 Å². The van der Waals surface area contributed by atoms with Crippen molar-refractivity contribution < 1.29 is 17.9 Å². The number of ether oxygens (including phenoxy) is 1. The number of alkyl halides is 2. The molecule has 0 spiro atoms. The van der Waals surface area contributed by atoms with Gasteiger partial charge < -0.3 is 10.1 Å². The van der Waals surface area contributed by atoms with E-state index in [-0.39, 0.29) is 5.56 Å². The molecule has 0 saturated carbocycles. The Hall–Kier alpha value is -1.86. The Labute approximate surface area is 120 Å². The number of rotatable bonds is 7. The first-order chi connectivity index (χ1) is 10.1. The maximum Gasteiger partial charge on any atom is 0.333 e. The fourth-order valence-electron chi connectivity index (χ4n) is 1.89. The van der Waals surface area contributed by atoms with Gasteiger partial charge in [0, 0.05) is 37.5 Å². The van der Waals surface area contributed by atoms with Crippen molar-refractivity contribution in [2.24, 2.45) is 0 Å². The Morgan fingerprint density at radius 1 is 1.38 bits per heavy atom. The van der Waals surface area contributed by atoms with Gasteiger partial charge >= 0.3 is 6.55 Å². The molecule has 0 aliphatic carbocycles. The van der Waals surface area contributed by atoms with Gasteiger partial charge in [-0.15, -0.1) is 0 Å². The van der Waals surface area contributed by atoms with Crippen LogP contribution in [0.4, 0.5) is 13.2 Å². The first kappa shape index (κ1) is 15.5. The number of halogens is 3. The summed E-state index contributed by atoms with van der Waals surface area (Å²) in [5.74, 6) is -0.468. The Morgan fingerprint density at radius 3 is 2.86 bits per heavy atom. The topological polar surface area (TPSA) is 39.1 Å². The molecule has 0 radical (unpaired) electrons. The number of aromatic nitrogens is 2. The first-order valence-electron chi connectivity index (χ1n) is 6.42. The van der Waals surface area contributed by atoms with Gasteiger partial charge in [-0.3, -0.25) is 0 Å². The lowest BCUT2D eigenvalue weighted by atomic mass is 10.1. The minimum Gasteiger partial charge on any atom is -0.383 e. The van der Waals surface area contributed by atoms with E-state index < -0.39 is 12.4 Å². The van der Waals surface area contributed by atoms with Crippen LogP contribution in [0, 0.1) is 5.82 Å². The molecule has 0 aliphatic heterocycles. The van der Waals surface area contributed by atoms with Gasteiger partial charge in [0.25, 0.3) is 0 Å². The minimum absolute atomic E-state index is 0.257. The summed E-state index contributed by atoms with van der Waals surface area (Å²) in [5, 5.41) is 6.65. The van der Waals surface area contributed by atoms with Crippen molar-refractivity contribution in [2.45, 2.75) is 13.1 Å². The Bertz CT molecular complexity index is 587. The van der Waals surface area contributed by atoms with Gasteiger partial charge in [0.1, 0.15) is 5.82 Å². The van der Waals surface area contributed by atoms with Crippen LogP contribution in [-0.2, 0) is 11.3 Å². The van der Waals surface area contributed by atoms with Crippen LogP contribution < -0.4 is 5.32 Å². The standard InChI is InChI=1S/C14H16F3N3O/c1-21-5-4-18-7-10-2-3-13(15)12(6-10)11-8-19-20(9-11)14(16)17/h2-3,6,8-9,14,18H,4-5,7H2,1H3. The third-order valence-corrected chi connectivity index (χ3v) is 2.96. The summed E-state index contributed by atoms with van der Waals surface area (Å²) in [6, 6.07) is 4.60. The number of nitrogens with one attached hydrogen (secondary N) is 1. The van der Waals surface area contributed by atoms with Crippen LogP contribution >= 0.6 is 0 Å². The van der Waals surface area contributed by atoms with Crippen molar-refractivity contribution in [3.8, 4) is 11.1 Å². The van der Waals surface area contributed by atoms with Gasteiger partial charge in [0.15, 0.2) is 0 Å². The van der Waals surface area contributed by atoms with Gasteiger partial charge in [0.05, 0.1) is 12.8 Å². The third-order valence-electron chi connectivity index (χ3n) is 2.96. The summed E-state index contributed by atoms with van der Waals surface area (Å²) in [7, 11) is 1.61. The molecule has 21 heavy (non-hydrogen) atoms. The smallest absolute Gasteiger partial charge is 0.333 e. The zero-order valence-electron chi connectivity index (χ0n) is 11.5. The number of benzene rings is 1. The van der Waals surface area contributed by atoms with Gasteiger partial charge in [0.2, 0.25) is 0 Å². The highest BCUT2D eigenvalue weighted by molar-refractivity contribution is 5.63. The molecule has 1 N–H and O–H groups in total. The lowest BCUT2D eigenvalue weighted by Gasteiger charge is -2.07. The fraction of sp³-hybridized carbons (Fsp3) is 0.357. The van der Waals surface area contributed by atoms with Gasteiger partial charge in [-0.2, -0.15) is 13.9 Å². The molecule has 2 rings (SSSR count). The zero-order valence-corrected chi connectivity index (χ0v) is 11.5. The number of hydrogen-bond donors (Lipinski definition) is 1. The molecule has 4 nitrogen and oxygen atoms in total. The van der Waals surface area contributed by atoms with Crippen LogP contribution in [0.5, 0.6) is 0 Å². The molecule has 7 heteroatoms. The average Bonchev–Trinajstić information content (AvgIpc) is 2.95. The highest BCUT2D eigenvalue weighted by atomic mass is 19.3. The normalized spacial score (nSPS) is 11.3. The second-order valence-corrected chi connectivity index (χ2v) is 4.47. The fourth-order valence-corrected chi connectivity index (χ4v) is 1.89. The van der Waals surface area contributed by atoms with Crippen LogP contribution in [-0.4, -0.2) is 30.0 Å². The molecular weight excluding hydrogens is 283 g/mol. The van der Waals surface area contributed by atoms with E-state index in [1.54, 1.807) is 19.2 Å². The minimum atomic E-state index is -2.74. The number of hydrogen-bond acceptors (Lipinski definition) is 3. The van der Waals surface area contributed by atoms with Crippen molar-refractivity contribution in [2.75, 3.05) is 20.3 Å². The van der Waals surface area contributed by atoms with Gasteiger partial charge in [-0.25, -0.2) is 9.07 Å². The van der Waals surface area contributed by atoms with Crippen LogP contribution in [0.15, 0.2) is 30.6 Å². The molecule has 0 aliphatic rings. The van der Waals surface area contributed by atoms with Crippen LogP contribution in [0.3, 0.4) is 0 Å². The molecule has 0 unspecified atom stereocenters. The molecule has 0 amide bonds. The van der Waals surface area contributed by atoms with Crippen molar-refractivity contribution in [3.05, 3.63) is 42.0 Å². The summed E-state index contributed by atoms with van der Waals surface area (Å²) in [6.45, 7) is -0.942. The van der Waals surface area contributed by atoms with E-state index in [0.29, 0.717) is 29.9 Å². The van der Waals surface area contributed by atoms with Crippen molar-refractivity contribution >= 4 is 0 Å². The molecule has 0 atom stereocenters. The average molecular weight is 299 g/mol. The summed E-state index contributed by atoms with van der Waals surface area (Å²) in [4.78, 5) is 0. The molecule has 0 bridgehead atoms. The lowest BCUT2D eigenvalue weighted by molar-refractivity contribution is 0.0566. The van der Waals surface area contributed by atoms with E-state index in [2.05, 4.69) is 10.4 Å². The van der Waals surface area contributed by atoms with Gasteiger partial charge in [-0.05, 0) is 17.7 Å². The molecule has 2 aromatic rings. The van der Waals surface area contributed by atoms with Crippen LogP contribution in [0.1, 0.15) is 12.1 Å². The Morgan fingerprint density at radius 2 is 2.19 bits per heavy atom. The summed E-state index contributed by atoms with van der Waals surface area (Å²) in [5.41, 5.74) is 1.44. The zero-order chi connectivity index (χ0) is 15.2. The SMILES string of the molecule is COCCNCc1ccc(F)c(-c2cnn(C(F)F)c2)c1. The predicted molar refractivity (Wildman–Crippen MR) is 72.5 cm³/mol. The maximum absolute atomic E-state index is 13.8. The van der Waals surface area contributed by atoms with E-state index >= 15 is 0 Å². The van der Waals surface area contributed by atoms with Gasteiger partial charge in [-0.1, -0.05) is 6.07 Å².